The summed E-state index contributed by atoms with van der Waals surface area (Å²) >= 11 is 7.44. The normalized spacial score (nSPS) is 10.9. The van der Waals surface area contributed by atoms with Gasteiger partial charge in [-0.05, 0) is 35.7 Å². The van der Waals surface area contributed by atoms with E-state index in [9.17, 15) is 4.79 Å². The first-order valence-electron chi connectivity index (χ1n) is 7.59. The number of nitrogens with one attached hydrogen (secondary N) is 1. The topological polar surface area (TPSA) is 59.8 Å². The van der Waals surface area contributed by atoms with Gasteiger partial charge in [-0.3, -0.25) is 9.78 Å². The minimum atomic E-state index is -0.135. The molecule has 1 amide bonds. The monoisotopic (exact) mass is 368 g/mol. The number of anilines is 1. The zero-order valence-corrected chi connectivity index (χ0v) is 14.6. The molecule has 0 atom stereocenters. The van der Waals surface area contributed by atoms with Crippen molar-refractivity contribution in [2.24, 2.45) is 0 Å². The van der Waals surface area contributed by atoms with E-state index in [1.807, 2.05) is 52.5 Å². The van der Waals surface area contributed by atoms with Gasteiger partial charge in [0.15, 0.2) is 5.13 Å². The van der Waals surface area contributed by atoms with E-state index < -0.39 is 0 Å². The Bertz CT molecular complexity index is 1040. The van der Waals surface area contributed by atoms with Crippen molar-refractivity contribution in [1.82, 2.24) is 14.5 Å². The summed E-state index contributed by atoms with van der Waals surface area (Å²) in [5.41, 5.74) is 2.65. The van der Waals surface area contributed by atoms with Crippen molar-refractivity contribution in [1.29, 1.82) is 0 Å². The molecular formula is C18H13ClN4OS. The second kappa shape index (κ2) is 6.66. The maximum absolute atomic E-state index is 12.3. The zero-order valence-electron chi connectivity index (χ0n) is 13.0. The Balaban J connectivity index is 1.49. The highest BCUT2D eigenvalue weighted by Gasteiger charge is 2.10. The fraction of sp³-hybridized carbons (Fsp3) is 0.0556. The van der Waals surface area contributed by atoms with Crippen molar-refractivity contribution >= 4 is 44.9 Å². The third-order valence-electron chi connectivity index (χ3n) is 3.76. The smallest absolute Gasteiger partial charge is 0.246 e. The number of benzene rings is 1. The predicted octanol–water partition coefficient (Wildman–Crippen LogP) is 4.45. The first-order chi connectivity index (χ1) is 12.2. The van der Waals surface area contributed by atoms with Crippen LogP contribution in [0.4, 0.5) is 5.13 Å². The maximum Gasteiger partial charge on any atom is 0.246 e. The van der Waals surface area contributed by atoms with E-state index in [1.165, 1.54) is 11.3 Å². The first-order valence-corrected chi connectivity index (χ1v) is 8.85. The van der Waals surface area contributed by atoms with Crippen LogP contribution in [0.5, 0.6) is 0 Å². The number of aromatic nitrogens is 3. The molecule has 1 N–H and O–H groups in total. The zero-order chi connectivity index (χ0) is 17.2. The minimum Gasteiger partial charge on any atom is -0.338 e. The Labute approximate surface area is 152 Å². The van der Waals surface area contributed by atoms with Gasteiger partial charge in [-0.15, -0.1) is 11.3 Å². The summed E-state index contributed by atoms with van der Waals surface area (Å²) in [5, 5.41) is 7.01. The Morgan fingerprint density at radius 3 is 3.04 bits per heavy atom. The van der Waals surface area contributed by atoms with Gasteiger partial charge in [0, 0.05) is 40.1 Å². The highest BCUT2D eigenvalue weighted by atomic mass is 35.5. The molecule has 3 aromatic heterocycles. The molecule has 124 valence electrons. The van der Waals surface area contributed by atoms with Crippen LogP contribution in [0.2, 0.25) is 5.02 Å². The van der Waals surface area contributed by atoms with Crippen LogP contribution in [-0.2, 0) is 11.3 Å². The summed E-state index contributed by atoms with van der Waals surface area (Å²) in [6.07, 6.45) is 5.34. The molecule has 0 radical (unpaired) electrons. The minimum absolute atomic E-state index is 0.135. The lowest BCUT2D eigenvalue weighted by Gasteiger charge is -2.05. The largest absolute Gasteiger partial charge is 0.338 e. The van der Waals surface area contributed by atoms with Gasteiger partial charge in [0.1, 0.15) is 6.54 Å². The second-order valence-corrected chi connectivity index (χ2v) is 6.77. The van der Waals surface area contributed by atoms with Gasteiger partial charge >= 0.3 is 0 Å². The number of thiazole rings is 1. The van der Waals surface area contributed by atoms with Crippen LogP contribution in [0.25, 0.3) is 22.2 Å². The van der Waals surface area contributed by atoms with E-state index in [4.69, 9.17) is 11.6 Å². The van der Waals surface area contributed by atoms with Crippen molar-refractivity contribution in [3.8, 4) is 11.3 Å². The quantitative estimate of drug-likeness (QED) is 0.578. The highest BCUT2D eigenvalue weighted by molar-refractivity contribution is 7.14. The number of halogens is 1. The Hall–Kier alpha value is -2.70. The molecule has 0 saturated carbocycles. The SMILES string of the molecule is O=C(Cn1ccc2ccc(Cl)cc21)Nc1nc(-c2cccnc2)cs1. The van der Waals surface area contributed by atoms with E-state index in [-0.39, 0.29) is 12.5 Å². The van der Waals surface area contributed by atoms with E-state index in [1.54, 1.807) is 12.4 Å². The number of hydrogen-bond donors (Lipinski definition) is 1. The second-order valence-electron chi connectivity index (χ2n) is 5.47. The number of carbonyl (C=O) groups excluding carboxylic acids is 1. The molecule has 1 aromatic carbocycles. The summed E-state index contributed by atoms with van der Waals surface area (Å²) in [5.74, 6) is -0.135. The molecule has 0 aliphatic rings. The van der Waals surface area contributed by atoms with E-state index >= 15 is 0 Å². The number of pyridine rings is 1. The molecule has 0 saturated heterocycles. The van der Waals surface area contributed by atoms with Crippen LogP contribution in [0.1, 0.15) is 0 Å². The molecular weight excluding hydrogens is 356 g/mol. The van der Waals surface area contributed by atoms with Gasteiger partial charge in [0.25, 0.3) is 0 Å². The molecule has 0 bridgehead atoms. The molecule has 4 aromatic rings. The van der Waals surface area contributed by atoms with Crippen molar-refractivity contribution in [3.05, 3.63) is 65.4 Å². The molecule has 7 heteroatoms. The molecule has 0 aliphatic carbocycles. The van der Waals surface area contributed by atoms with E-state index in [0.717, 1.165) is 22.2 Å². The van der Waals surface area contributed by atoms with Crippen LogP contribution in [0.15, 0.2) is 60.4 Å². The number of amides is 1. The van der Waals surface area contributed by atoms with Crippen LogP contribution < -0.4 is 5.32 Å². The molecule has 5 nitrogen and oxygen atoms in total. The molecule has 0 spiro atoms. The lowest BCUT2D eigenvalue weighted by Crippen LogP contribution is -2.18. The predicted molar refractivity (Wildman–Crippen MR) is 101 cm³/mol. The lowest BCUT2D eigenvalue weighted by atomic mass is 10.2. The van der Waals surface area contributed by atoms with Crippen LogP contribution in [-0.4, -0.2) is 20.4 Å². The third kappa shape index (κ3) is 3.40. The van der Waals surface area contributed by atoms with Crippen molar-refractivity contribution in [3.63, 3.8) is 0 Å². The van der Waals surface area contributed by atoms with Crippen molar-refractivity contribution < 1.29 is 4.79 Å². The molecule has 0 fully saturated rings. The summed E-state index contributed by atoms with van der Waals surface area (Å²) < 4.78 is 1.87. The Kier molecular flexibility index (Phi) is 4.21. The highest BCUT2D eigenvalue weighted by Crippen LogP contribution is 2.24. The van der Waals surface area contributed by atoms with Gasteiger partial charge < -0.3 is 9.88 Å². The molecule has 3 heterocycles. The van der Waals surface area contributed by atoms with Gasteiger partial charge in [-0.1, -0.05) is 17.7 Å². The fourth-order valence-corrected chi connectivity index (χ4v) is 3.49. The number of fused-ring (bicyclic) bond motifs is 1. The van der Waals surface area contributed by atoms with Gasteiger partial charge in [0.05, 0.1) is 5.69 Å². The number of nitrogens with zero attached hydrogens (tertiary/aromatic N) is 3. The lowest BCUT2D eigenvalue weighted by molar-refractivity contribution is -0.116. The van der Waals surface area contributed by atoms with Crippen molar-refractivity contribution in [2.75, 3.05) is 5.32 Å². The van der Waals surface area contributed by atoms with E-state index in [2.05, 4.69) is 15.3 Å². The summed E-state index contributed by atoms with van der Waals surface area (Å²) in [6.45, 7) is 0.200. The molecule has 0 aliphatic heterocycles. The number of hydrogen-bond acceptors (Lipinski definition) is 4. The number of carbonyl (C=O) groups is 1. The van der Waals surface area contributed by atoms with Gasteiger partial charge in [-0.25, -0.2) is 4.98 Å². The van der Waals surface area contributed by atoms with Crippen molar-refractivity contribution in [2.45, 2.75) is 6.54 Å². The summed E-state index contributed by atoms with van der Waals surface area (Å²) in [6, 6.07) is 11.4. The standard InChI is InChI=1S/C18H13ClN4OS/c19-14-4-3-12-5-7-23(16(12)8-14)10-17(24)22-18-21-15(11-25-18)13-2-1-6-20-9-13/h1-9,11H,10H2,(H,21,22,24). The maximum atomic E-state index is 12.3. The molecule has 25 heavy (non-hydrogen) atoms. The fourth-order valence-electron chi connectivity index (χ4n) is 2.59. The average Bonchev–Trinajstić information content (AvgIpc) is 3.23. The molecule has 0 unspecified atom stereocenters. The average molecular weight is 369 g/mol. The van der Waals surface area contributed by atoms with Gasteiger partial charge in [-0.2, -0.15) is 0 Å². The van der Waals surface area contributed by atoms with E-state index in [0.29, 0.717) is 10.2 Å². The van der Waals surface area contributed by atoms with Crippen LogP contribution in [0.3, 0.4) is 0 Å². The summed E-state index contributed by atoms with van der Waals surface area (Å²) in [7, 11) is 0. The summed E-state index contributed by atoms with van der Waals surface area (Å²) in [4.78, 5) is 20.9. The van der Waals surface area contributed by atoms with Crippen LogP contribution >= 0.6 is 22.9 Å². The molecule has 4 rings (SSSR count). The Morgan fingerprint density at radius 1 is 1.28 bits per heavy atom. The van der Waals surface area contributed by atoms with Crippen LogP contribution in [0, 0.1) is 0 Å². The van der Waals surface area contributed by atoms with Gasteiger partial charge in [0.2, 0.25) is 5.91 Å². The third-order valence-corrected chi connectivity index (χ3v) is 4.75. The number of rotatable bonds is 4. The first kappa shape index (κ1) is 15.8. The Morgan fingerprint density at radius 2 is 2.20 bits per heavy atom.